The maximum atomic E-state index is 5.25. The highest BCUT2D eigenvalue weighted by Gasteiger charge is 2.14. The number of allylic oxidation sites excluding steroid dienone is 1. The van der Waals surface area contributed by atoms with Gasteiger partial charge in [-0.3, -0.25) is 0 Å². The molecule has 31 heavy (non-hydrogen) atoms. The molecule has 0 aromatic heterocycles. The van der Waals surface area contributed by atoms with E-state index in [-0.39, 0.29) is 0 Å². The van der Waals surface area contributed by atoms with Gasteiger partial charge in [0, 0.05) is 0 Å². The monoisotopic (exact) mass is 420 g/mol. The van der Waals surface area contributed by atoms with Gasteiger partial charge in [-0.1, -0.05) is 87.1 Å². The first-order valence-corrected chi connectivity index (χ1v) is 12.1. The Balaban J connectivity index is 0.000000220. The molecule has 0 heterocycles. The third kappa shape index (κ3) is 8.56. The van der Waals surface area contributed by atoms with Gasteiger partial charge in [0.1, 0.15) is 5.75 Å². The maximum Gasteiger partial charge on any atom is 0.121 e. The Kier molecular flexibility index (Phi) is 10.4. The predicted octanol–water partition coefficient (Wildman–Crippen LogP) is 8.57. The Bertz CT molecular complexity index is 826. The van der Waals surface area contributed by atoms with Gasteiger partial charge in [-0.05, 0) is 87.1 Å². The fourth-order valence-electron chi connectivity index (χ4n) is 4.50. The number of benzene rings is 2. The number of ether oxygens (including phenoxy) is 1. The van der Waals surface area contributed by atoms with Gasteiger partial charge in [-0.15, -0.1) is 0 Å². The molecular formula is C30H44O. The number of methoxy groups -OCH3 is 1. The molecule has 1 aliphatic rings. The average molecular weight is 421 g/mol. The molecule has 1 atom stereocenters. The molecule has 0 saturated heterocycles. The lowest BCUT2D eigenvalue weighted by Crippen LogP contribution is -2.10. The van der Waals surface area contributed by atoms with Crippen molar-refractivity contribution < 1.29 is 4.74 Å². The normalized spacial score (nSPS) is 15.0. The van der Waals surface area contributed by atoms with Crippen LogP contribution in [-0.4, -0.2) is 7.11 Å². The average Bonchev–Trinajstić information content (AvgIpc) is 2.75. The van der Waals surface area contributed by atoms with Crippen molar-refractivity contribution in [2.75, 3.05) is 7.11 Å². The number of rotatable bonds is 7. The van der Waals surface area contributed by atoms with Crippen LogP contribution >= 0.6 is 0 Å². The molecule has 3 rings (SSSR count). The molecule has 2 aromatic carbocycles. The SMILES string of the molecule is C=C(C)C(C)CCc1ccc(OC)c(C)c1.Cc1ccc(CC2CCCCC2)c(C)c1. The van der Waals surface area contributed by atoms with Gasteiger partial charge in [-0.2, -0.15) is 0 Å². The van der Waals surface area contributed by atoms with Crippen LogP contribution in [0, 0.1) is 32.6 Å². The molecule has 2 aromatic rings. The number of aryl methyl sites for hydroxylation is 4. The van der Waals surface area contributed by atoms with E-state index in [1.807, 2.05) is 0 Å². The highest BCUT2D eigenvalue weighted by molar-refractivity contribution is 5.36. The summed E-state index contributed by atoms with van der Waals surface area (Å²) in [6.07, 6.45) is 10.9. The van der Waals surface area contributed by atoms with Crippen LogP contribution in [0.2, 0.25) is 0 Å². The molecule has 0 spiro atoms. The van der Waals surface area contributed by atoms with Crippen LogP contribution in [0.4, 0.5) is 0 Å². The van der Waals surface area contributed by atoms with Crippen molar-refractivity contribution in [1.82, 2.24) is 0 Å². The number of hydrogen-bond acceptors (Lipinski definition) is 1. The molecule has 1 unspecified atom stereocenters. The summed E-state index contributed by atoms with van der Waals surface area (Å²) in [6.45, 7) is 14.8. The van der Waals surface area contributed by atoms with Crippen LogP contribution in [0.25, 0.3) is 0 Å². The highest BCUT2D eigenvalue weighted by Crippen LogP contribution is 2.28. The third-order valence-corrected chi connectivity index (χ3v) is 6.90. The van der Waals surface area contributed by atoms with Gasteiger partial charge in [0.15, 0.2) is 0 Å². The van der Waals surface area contributed by atoms with E-state index in [2.05, 4.69) is 77.6 Å². The van der Waals surface area contributed by atoms with Gasteiger partial charge >= 0.3 is 0 Å². The standard InChI is InChI=1S/C15H22O.C15H22/c1-11(2)12(3)6-7-14-8-9-15(16-5)13(4)10-14;1-12-8-9-15(13(2)10-12)11-14-6-4-3-5-7-14/h8-10,12H,1,6-7H2,2-5H3;8-10,14H,3-7,11H2,1-2H3. The fraction of sp³-hybridized carbons (Fsp3) is 0.533. The quantitative estimate of drug-likeness (QED) is 0.407. The Morgan fingerprint density at radius 3 is 2.29 bits per heavy atom. The molecule has 1 aliphatic carbocycles. The molecule has 1 saturated carbocycles. The summed E-state index contributed by atoms with van der Waals surface area (Å²) in [5, 5.41) is 0. The number of hydrogen-bond donors (Lipinski definition) is 0. The van der Waals surface area contributed by atoms with E-state index in [0.717, 1.165) is 18.1 Å². The first kappa shape index (κ1) is 25.2. The smallest absolute Gasteiger partial charge is 0.121 e. The van der Waals surface area contributed by atoms with Crippen molar-refractivity contribution in [1.29, 1.82) is 0 Å². The highest BCUT2D eigenvalue weighted by atomic mass is 16.5. The molecule has 0 radical (unpaired) electrons. The second-order valence-electron chi connectivity index (χ2n) is 9.73. The van der Waals surface area contributed by atoms with Crippen molar-refractivity contribution >= 4 is 0 Å². The van der Waals surface area contributed by atoms with Gasteiger partial charge < -0.3 is 4.74 Å². The lowest BCUT2D eigenvalue weighted by molar-refractivity contribution is 0.356. The largest absolute Gasteiger partial charge is 0.496 e. The van der Waals surface area contributed by atoms with Gasteiger partial charge in [0.25, 0.3) is 0 Å². The fourth-order valence-corrected chi connectivity index (χ4v) is 4.50. The Labute approximate surface area is 191 Å². The summed E-state index contributed by atoms with van der Waals surface area (Å²) in [6, 6.07) is 13.3. The minimum Gasteiger partial charge on any atom is -0.496 e. The van der Waals surface area contributed by atoms with Crippen LogP contribution in [0.1, 0.15) is 80.2 Å². The van der Waals surface area contributed by atoms with Gasteiger partial charge in [0.2, 0.25) is 0 Å². The summed E-state index contributed by atoms with van der Waals surface area (Å²) in [7, 11) is 1.71. The van der Waals surface area contributed by atoms with Crippen LogP contribution in [0.5, 0.6) is 5.75 Å². The van der Waals surface area contributed by atoms with E-state index >= 15 is 0 Å². The predicted molar refractivity (Wildman–Crippen MR) is 136 cm³/mol. The molecule has 1 heteroatoms. The molecule has 170 valence electrons. The first-order chi connectivity index (χ1) is 14.8. The summed E-state index contributed by atoms with van der Waals surface area (Å²) in [5.41, 5.74) is 8.31. The van der Waals surface area contributed by atoms with Crippen molar-refractivity contribution in [2.24, 2.45) is 11.8 Å². The maximum absolute atomic E-state index is 5.25. The summed E-state index contributed by atoms with van der Waals surface area (Å²) in [5.74, 6) is 2.53. The molecule has 1 fully saturated rings. The second kappa shape index (κ2) is 12.7. The Morgan fingerprint density at radius 1 is 1.00 bits per heavy atom. The van der Waals surface area contributed by atoms with E-state index < -0.39 is 0 Å². The summed E-state index contributed by atoms with van der Waals surface area (Å²) in [4.78, 5) is 0. The molecule has 0 aliphatic heterocycles. The van der Waals surface area contributed by atoms with Crippen LogP contribution < -0.4 is 4.74 Å². The zero-order valence-corrected chi connectivity index (χ0v) is 20.9. The van der Waals surface area contributed by atoms with Crippen molar-refractivity contribution in [3.05, 3.63) is 76.4 Å². The third-order valence-electron chi connectivity index (χ3n) is 6.90. The minimum absolute atomic E-state index is 0.599. The second-order valence-corrected chi connectivity index (χ2v) is 9.73. The van der Waals surface area contributed by atoms with Crippen LogP contribution in [-0.2, 0) is 12.8 Å². The minimum atomic E-state index is 0.599. The first-order valence-electron chi connectivity index (χ1n) is 12.1. The Morgan fingerprint density at radius 2 is 1.71 bits per heavy atom. The van der Waals surface area contributed by atoms with Crippen LogP contribution in [0.3, 0.4) is 0 Å². The van der Waals surface area contributed by atoms with Gasteiger partial charge in [-0.25, -0.2) is 0 Å². The van der Waals surface area contributed by atoms with E-state index in [1.165, 1.54) is 72.8 Å². The van der Waals surface area contributed by atoms with E-state index in [0.29, 0.717) is 5.92 Å². The molecule has 1 nitrogen and oxygen atoms in total. The summed E-state index contributed by atoms with van der Waals surface area (Å²) < 4.78 is 5.25. The molecule has 0 N–H and O–H groups in total. The zero-order chi connectivity index (χ0) is 22.8. The van der Waals surface area contributed by atoms with E-state index in [9.17, 15) is 0 Å². The van der Waals surface area contributed by atoms with Crippen LogP contribution in [0.15, 0.2) is 48.6 Å². The van der Waals surface area contributed by atoms with E-state index in [1.54, 1.807) is 12.7 Å². The lowest BCUT2D eigenvalue weighted by Gasteiger charge is -2.22. The molecule has 0 bridgehead atoms. The summed E-state index contributed by atoms with van der Waals surface area (Å²) >= 11 is 0. The topological polar surface area (TPSA) is 9.23 Å². The Hall–Kier alpha value is -2.02. The van der Waals surface area contributed by atoms with Crippen molar-refractivity contribution in [3.8, 4) is 5.75 Å². The lowest BCUT2D eigenvalue weighted by atomic mass is 9.84. The van der Waals surface area contributed by atoms with E-state index in [4.69, 9.17) is 4.74 Å². The molecule has 0 amide bonds. The van der Waals surface area contributed by atoms with Crippen molar-refractivity contribution in [2.45, 2.75) is 86.0 Å². The van der Waals surface area contributed by atoms with Crippen molar-refractivity contribution in [3.63, 3.8) is 0 Å². The zero-order valence-electron chi connectivity index (χ0n) is 20.9. The van der Waals surface area contributed by atoms with Gasteiger partial charge in [0.05, 0.1) is 7.11 Å². The molecular weight excluding hydrogens is 376 g/mol.